The standard InChI is InChI=1S/C31H29N3O/c1-18(2)22-11-9-12-23(19(3)4)30(22)34-25-14-7-6-13-24(25)33-31(34)21-16-27-29(32-17-21)28-20(5)10-8-15-26(28)35-27/h6-19H,1-5H3. The van der Waals surface area contributed by atoms with E-state index in [1.54, 1.807) is 0 Å². The molecule has 3 aromatic carbocycles. The lowest BCUT2D eigenvalue weighted by atomic mass is 9.92. The van der Waals surface area contributed by atoms with Crippen molar-refractivity contribution in [2.75, 3.05) is 0 Å². The van der Waals surface area contributed by atoms with Gasteiger partial charge in [0.2, 0.25) is 0 Å². The summed E-state index contributed by atoms with van der Waals surface area (Å²) in [6, 6.07) is 23.3. The Hall–Kier alpha value is -3.92. The third kappa shape index (κ3) is 3.35. The average molecular weight is 460 g/mol. The van der Waals surface area contributed by atoms with Gasteiger partial charge in [-0.2, -0.15) is 0 Å². The van der Waals surface area contributed by atoms with Gasteiger partial charge < -0.3 is 4.42 Å². The molecule has 3 heterocycles. The van der Waals surface area contributed by atoms with Gasteiger partial charge in [0.15, 0.2) is 5.58 Å². The number of benzene rings is 3. The van der Waals surface area contributed by atoms with Gasteiger partial charge in [-0.15, -0.1) is 0 Å². The van der Waals surface area contributed by atoms with Crippen LogP contribution in [0.1, 0.15) is 56.2 Å². The van der Waals surface area contributed by atoms with Crippen molar-refractivity contribution in [1.82, 2.24) is 14.5 Å². The molecule has 4 heteroatoms. The zero-order valence-corrected chi connectivity index (χ0v) is 20.8. The highest BCUT2D eigenvalue weighted by Crippen LogP contribution is 2.38. The first-order valence-electron chi connectivity index (χ1n) is 12.3. The quantitative estimate of drug-likeness (QED) is 0.265. The van der Waals surface area contributed by atoms with Crippen LogP contribution < -0.4 is 0 Å². The number of hydrogen-bond donors (Lipinski definition) is 0. The molecule has 0 fully saturated rings. The van der Waals surface area contributed by atoms with Gasteiger partial charge in [-0.25, -0.2) is 4.98 Å². The van der Waals surface area contributed by atoms with Crippen molar-refractivity contribution in [3.8, 4) is 17.1 Å². The second-order valence-corrected chi connectivity index (χ2v) is 9.97. The van der Waals surface area contributed by atoms with Gasteiger partial charge in [-0.05, 0) is 59.7 Å². The summed E-state index contributed by atoms with van der Waals surface area (Å²) in [6.45, 7) is 11.1. The van der Waals surface area contributed by atoms with Crippen molar-refractivity contribution >= 4 is 33.1 Å². The van der Waals surface area contributed by atoms with Gasteiger partial charge in [0, 0.05) is 17.1 Å². The number of rotatable bonds is 4. The number of para-hydroxylation sites is 3. The Morgan fingerprint density at radius 1 is 0.800 bits per heavy atom. The summed E-state index contributed by atoms with van der Waals surface area (Å²) >= 11 is 0. The molecule has 6 rings (SSSR count). The van der Waals surface area contributed by atoms with E-state index >= 15 is 0 Å². The molecular weight excluding hydrogens is 430 g/mol. The molecule has 6 aromatic rings. The summed E-state index contributed by atoms with van der Waals surface area (Å²) in [5.41, 5.74) is 10.6. The Morgan fingerprint density at radius 3 is 2.26 bits per heavy atom. The summed E-state index contributed by atoms with van der Waals surface area (Å²) in [5, 5.41) is 1.08. The normalized spacial score (nSPS) is 12.1. The molecule has 0 atom stereocenters. The van der Waals surface area contributed by atoms with E-state index in [0.717, 1.165) is 44.5 Å². The molecule has 0 spiro atoms. The van der Waals surface area contributed by atoms with Crippen molar-refractivity contribution in [2.24, 2.45) is 0 Å². The van der Waals surface area contributed by atoms with Crippen LogP contribution in [0, 0.1) is 6.92 Å². The molecule has 0 saturated heterocycles. The Balaban J connectivity index is 1.69. The van der Waals surface area contributed by atoms with Crippen LogP contribution in [0.25, 0.3) is 50.2 Å². The minimum absolute atomic E-state index is 0.372. The van der Waals surface area contributed by atoms with Gasteiger partial charge >= 0.3 is 0 Å². The molecule has 0 unspecified atom stereocenters. The van der Waals surface area contributed by atoms with E-state index in [1.807, 2.05) is 24.4 Å². The van der Waals surface area contributed by atoms with E-state index in [-0.39, 0.29) is 0 Å². The van der Waals surface area contributed by atoms with Crippen molar-refractivity contribution in [1.29, 1.82) is 0 Å². The number of pyridine rings is 1. The van der Waals surface area contributed by atoms with Crippen LogP contribution in [-0.4, -0.2) is 14.5 Å². The maximum absolute atomic E-state index is 6.24. The Labute approximate surface area is 205 Å². The van der Waals surface area contributed by atoms with E-state index in [1.165, 1.54) is 22.4 Å². The second kappa shape index (κ2) is 8.09. The third-order valence-corrected chi connectivity index (χ3v) is 6.93. The van der Waals surface area contributed by atoms with Gasteiger partial charge in [-0.3, -0.25) is 9.55 Å². The van der Waals surface area contributed by atoms with E-state index < -0.39 is 0 Å². The van der Waals surface area contributed by atoms with Crippen LogP contribution in [0.4, 0.5) is 0 Å². The predicted octanol–water partition coefficient (Wildman–Crippen LogP) is 8.54. The van der Waals surface area contributed by atoms with Crippen LogP contribution in [0.2, 0.25) is 0 Å². The number of imidazole rings is 1. The molecule has 0 bridgehead atoms. The van der Waals surface area contributed by atoms with E-state index in [9.17, 15) is 0 Å². The summed E-state index contributed by atoms with van der Waals surface area (Å²) < 4.78 is 8.57. The minimum atomic E-state index is 0.372. The number of nitrogens with zero attached hydrogens (tertiary/aromatic N) is 3. The number of fused-ring (bicyclic) bond motifs is 4. The Bertz CT molecular complexity index is 1690. The van der Waals surface area contributed by atoms with E-state index in [4.69, 9.17) is 14.4 Å². The fourth-order valence-electron chi connectivity index (χ4n) is 5.20. The first-order chi connectivity index (χ1) is 16.9. The van der Waals surface area contributed by atoms with Gasteiger partial charge in [0.25, 0.3) is 0 Å². The van der Waals surface area contributed by atoms with E-state index in [2.05, 4.69) is 87.7 Å². The minimum Gasteiger partial charge on any atom is -0.454 e. The number of furan rings is 1. The average Bonchev–Trinajstić information content (AvgIpc) is 3.42. The maximum Gasteiger partial charge on any atom is 0.154 e. The zero-order valence-electron chi connectivity index (χ0n) is 20.8. The Kier molecular flexibility index (Phi) is 4.99. The van der Waals surface area contributed by atoms with Gasteiger partial charge in [-0.1, -0.05) is 70.2 Å². The second-order valence-electron chi connectivity index (χ2n) is 9.97. The lowest BCUT2D eigenvalue weighted by molar-refractivity contribution is 0.668. The number of aryl methyl sites for hydroxylation is 1. The van der Waals surface area contributed by atoms with Crippen molar-refractivity contribution in [3.05, 3.63) is 89.6 Å². The highest BCUT2D eigenvalue weighted by Gasteiger charge is 2.22. The third-order valence-electron chi connectivity index (χ3n) is 6.93. The first-order valence-corrected chi connectivity index (χ1v) is 12.3. The molecule has 0 aliphatic carbocycles. The van der Waals surface area contributed by atoms with Crippen LogP contribution in [0.5, 0.6) is 0 Å². The highest BCUT2D eigenvalue weighted by molar-refractivity contribution is 6.05. The molecule has 4 nitrogen and oxygen atoms in total. The summed E-state index contributed by atoms with van der Waals surface area (Å²) in [5.74, 6) is 1.63. The van der Waals surface area contributed by atoms with Crippen LogP contribution in [0.15, 0.2) is 77.3 Å². The summed E-state index contributed by atoms with van der Waals surface area (Å²) in [6.07, 6.45) is 1.94. The molecule has 0 aliphatic rings. The molecule has 0 aliphatic heterocycles. The lowest BCUT2D eigenvalue weighted by Gasteiger charge is -2.22. The SMILES string of the molecule is Cc1cccc2oc3cc(-c4nc5ccccc5n4-c4c(C(C)C)cccc4C(C)C)cnc3c12. The molecule has 0 saturated carbocycles. The van der Waals surface area contributed by atoms with Crippen LogP contribution >= 0.6 is 0 Å². The maximum atomic E-state index is 6.24. The molecule has 0 radical (unpaired) electrons. The van der Waals surface area contributed by atoms with Crippen molar-refractivity contribution < 1.29 is 4.42 Å². The van der Waals surface area contributed by atoms with E-state index in [0.29, 0.717) is 11.8 Å². The molecule has 35 heavy (non-hydrogen) atoms. The number of aromatic nitrogens is 3. The largest absolute Gasteiger partial charge is 0.454 e. The number of hydrogen-bond acceptors (Lipinski definition) is 3. The topological polar surface area (TPSA) is 43.9 Å². The highest BCUT2D eigenvalue weighted by atomic mass is 16.3. The van der Waals surface area contributed by atoms with Crippen LogP contribution in [0.3, 0.4) is 0 Å². The lowest BCUT2D eigenvalue weighted by Crippen LogP contribution is -2.08. The molecule has 174 valence electrons. The summed E-state index contributed by atoms with van der Waals surface area (Å²) in [4.78, 5) is 10.00. The van der Waals surface area contributed by atoms with Crippen molar-refractivity contribution in [2.45, 2.75) is 46.5 Å². The molecule has 3 aromatic heterocycles. The molecule has 0 amide bonds. The first kappa shape index (κ1) is 21.6. The predicted molar refractivity (Wildman–Crippen MR) is 144 cm³/mol. The van der Waals surface area contributed by atoms with Gasteiger partial charge in [0.05, 0.1) is 16.7 Å². The van der Waals surface area contributed by atoms with Crippen LogP contribution in [-0.2, 0) is 0 Å². The molecular formula is C31H29N3O. The van der Waals surface area contributed by atoms with Crippen molar-refractivity contribution in [3.63, 3.8) is 0 Å². The van der Waals surface area contributed by atoms with Gasteiger partial charge in [0.1, 0.15) is 16.9 Å². The zero-order chi connectivity index (χ0) is 24.3. The fraction of sp³-hybridized carbons (Fsp3) is 0.226. The molecule has 0 N–H and O–H groups in total. The monoisotopic (exact) mass is 459 g/mol. The smallest absolute Gasteiger partial charge is 0.154 e. The summed E-state index contributed by atoms with van der Waals surface area (Å²) in [7, 11) is 0. The Morgan fingerprint density at radius 2 is 1.51 bits per heavy atom. The fourth-order valence-corrected chi connectivity index (χ4v) is 5.20.